The summed E-state index contributed by atoms with van der Waals surface area (Å²) < 4.78 is 5.36. The van der Waals surface area contributed by atoms with Gasteiger partial charge in [-0.3, -0.25) is 4.79 Å². The molecule has 0 saturated carbocycles. The molecule has 1 atom stereocenters. The number of hydrogen-bond donors (Lipinski definition) is 3. The van der Waals surface area contributed by atoms with E-state index in [9.17, 15) is 4.79 Å². The zero-order valence-corrected chi connectivity index (χ0v) is 9.85. The van der Waals surface area contributed by atoms with Crippen LogP contribution >= 0.6 is 0 Å². The largest absolute Gasteiger partial charge is 0.493 e. The molecule has 1 aromatic rings. The van der Waals surface area contributed by atoms with Crippen molar-refractivity contribution in [3.63, 3.8) is 0 Å². The van der Waals surface area contributed by atoms with E-state index in [-0.39, 0.29) is 18.9 Å². The number of benzene rings is 1. The van der Waals surface area contributed by atoms with Gasteiger partial charge in [0.25, 0.3) is 0 Å². The summed E-state index contributed by atoms with van der Waals surface area (Å²) in [7, 11) is 0. The molecule has 0 bridgehead atoms. The summed E-state index contributed by atoms with van der Waals surface area (Å²) in [6, 6.07) is 6.98. The van der Waals surface area contributed by atoms with E-state index in [4.69, 9.17) is 15.6 Å². The van der Waals surface area contributed by atoms with Gasteiger partial charge >= 0.3 is 0 Å². The minimum Gasteiger partial charge on any atom is -0.493 e. The average Bonchev–Trinajstić information content (AvgIpc) is 2.29. The van der Waals surface area contributed by atoms with Gasteiger partial charge in [-0.25, -0.2) is 0 Å². The Morgan fingerprint density at radius 2 is 2.12 bits per heavy atom. The second-order valence-corrected chi connectivity index (χ2v) is 3.82. The van der Waals surface area contributed by atoms with Crippen LogP contribution in [-0.4, -0.2) is 30.3 Å². The summed E-state index contributed by atoms with van der Waals surface area (Å²) in [5.74, 6) is 0.545. The van der Waals surface area contributed by atoms with Gasteiger partial charge in [-0.15, -0.1) is 0 Å². The van der Waals surface area contributed by atoms with Crippen LogP contribution in [0.15, 0.2) is 24.3 Å². The zero-order chi connectivity index (χ0) is 12.7. The Bertz CT molecular complexity index is 349. The summed E-state index contributed by atoms with van der Waals surface area (Å²) in [5, 5.41) is 11.6. The van der Waals surface area contributed by atoms with E-state index in [0.29, 0.717) is 18.0 Å². The number of anilines is 1. The summed E-state index contributed by atoms with van der Waals surface area (Å²) in [6.07, 6.45) is -0.270. The van der Waals surface area contributed by atoms with Crippen molar-refractivity contribution < 1.29 is 14.6 Å². The maximum Gasteiger partial charge on any atom is 0.223 e. The number of aliphatic hydroxyl groups excluding tert-OH is 1. The van der Waals surface area contributed by atoms with Crippen LogP contribution in [0.1, 0.15) is 13.3 Å². The van der Waals surface area contributed by atoms with Crippen molar-refractivity contribution >= 4 is 11.6 Å². The molecule has 0 aliphatic carbocycles. The van der Waals surface area contributed by atoms with Crippen molar-refractivity contribution in [1.29, 1.82) is 0 Å². The lowest BCUT2D eigenvalue weighted by Crippen LogP contribution is -2.31. The fraction of sp³-hybridized carbons (Fsp3) is 0.417. The Morgan fingerprint density at radius 1 is 1.47 bits per heavy atom. The van der Waals surface area contributed by atoms with E-state index >= 15 is 0 Å². The number of rotatable bonds is 6. The minimum atomic E-state index is -0.531. The number of hydrogen-bond acceptors (Lipinski definition) is 4. The van der Waals surface area contributed by atoms with Gasteiger partial charge in [-0.05, 0) is 31.2 Å². The third-order valence-corrected chi connectivity index (χ3v) is 2.07. The second-order valence-electron chi connectivity index (χ2n) is 3.82. The summed E-state index contributed by atoms with van der Waals surface area (Å²) >= 11 is 0. The van der Waals surface area contributed by atoms with Gasteiger partial charge in [-0.1, -0.05) is 0 Å². The van der Waals surface area contributed by atoms with E-state index < -0.39 is 6.10 Å². The fourth-order valence-electron chi connectivity index (χ4n) is 1.18. The number of nitrogens with two attached hydrogens (primary N) is 1. The molecule has 0 saturated heterocycles. The summed E-state index contributed by atoms with van der Waals surface area (Å²) in [5.41, 5.74) is 6.20. The van der Waals surface area contributed by atoms with E-state index in [0.717, 1.165) is 0 Å². The van der Waals surface area contributed by atoms with E-state index in [1.54, 1.807) is 31.2 Å². The van der Waals surface area contributed by atoms with Crippen LogP contribution < -0.4 is 15.8 Å². The van der Waals surface area contributed by atoms with E-state index in [1.807, 2.05) is 0 Å². The Morgan fingerprint density at radius 3 is 2.71 bits per heavy atom. The summed E-state index contributed by atoms with van der Waals surface area (Å²) in [6.45, 7) is 2.18. The maximum atomic E-state index is 11.3. The highest BCUT2D eigenvalue weighted by Crippen LogP contribution is 2.12. The average molecular weight is 238 g/mol. The monoisotopic (exact) mass is 238 g/mol. The van der Waals surface area contributed by atoms with Gasteiger partial charge in [0.05, 0.1) is 19.1 Å². The lowest BCUT2D eigenvalue weighted by atomic mass is 10.3. The summed E-state index contributed by atoms with van der Waals surface area (Å²) in [4.78, 5) is 11.3. The van der Waals surface area contributed by atoms with Gasteiger partial charge in [-0.2, -0.15) is 0 Å². The molecule has 0 fully saturated rings. The molecule has 0 aliphatic rings. The fourth-order valence-corrected chi connectivity index (χ4v) is 1.18. The molecule has 5 heteroatoms. The van der Waals surface area contributed by atoms with Crippen molar-refractivity contribution in [3.05, 3.63) is 24.3 Å². The van der Waals surface area contributed by atoms with Crippen molar-refractivity contribution in [2.24, 2.45) is 0 Å². The first-order valence-electron chi connectivity index (χ1n) is 5.51. The Kier molecular flexibility index (Phi) is 5.29. The van der Waals surface area contributed by atoms with Crippen LogP contribution in [0.4, 0.5) is 5.69 Å². The number of carbonyl (C=O) groups excluding carboxylic acids is 1. The molecule has 0 heterocycles. The van der Waals surface area contributed by atoms with Gasteiger partial charge in [0, 0.05) is 12.2 Å². The Labute approximate surface area is 101 Å². The number of nitrogen functional groups attached to an aromatic ring is 1. The van der Waals surface area contributed by atoms with Crippen LogP contribution in [0.5, 0.6) is 5.75 Å². The molecule has 0 aromatic heterocycles. The number of aliphatic hydroxyl groups is 1. The number of nitrogens with one attached hydrogen (secondary N) is 1. The van der Waals surface area contributed by atoms with Crippen LogP contribution in [0, 0.1) is 0 Å². The first-order chi connectivity index (χ1) is 8.08. The highest BCUT2D eigenvalue weighted by Gasteiger charge is 2.03. The van der Waals surface area contributed by atoms with Crippen molar-refractivity contribution in [3.8, 4) is 5.75 Å². The molecule has 5 nitrogen and oxygen atoms in total. The third-order valence-electron chi connectivity index (χ3n) is 2.07. The highest BCUT2D eigenvalue weighted by atomic mass is 16.5. The molecule has 1 amide bonds. The smallest absolute Gasteiger partial charge is 0.223 e. The van der Waals surface area contributed by atoms with Gasteiger partial charge in [0.15, 0.2) is 0 Å². The van der Waals surface area contributed by atoms with Crippen molar-refractivity contribution in [2.75, 3.05) is 18.9 Å². The number of ether oxygens (including phenoxy) is 1. The van der Waals surface area contributed by atoms with Gasteiger partial charge in [0.2, 0.25) is 5.91 Å². The molecule has 17 heavy (non-hydrogen) atoms. The van der Waals surface area contributed by atoms with E-state index in [1.165, 1.54) is 0 Å². The first kappa shape index (κ1) is 13.3. The number of amides is 1. The van der Waals surface area contributed by atoms with Crippen molar-refractivity contribution in [1.82, 2.24) is 5.32 Å². The molecular formula is C12H18N2O3. The lowest BCUT2D eigenvalue weighted by Gasteiger charge is -2.08. The predicted octanol–water partition coefficient (Wildman–Crippen LogP) is 0.535. The molecule has 0 radical (unpaired) electrons. The maximum absolute atomic E-state index is 11.3. The zero-order valence-electron chi connectivity index (χ0n) is 9.85. The quantitative estimate of drug-likeness (QED) is 0.631. The molecule has 0 aliphatic heterocycles. The molecule has 1 aromatic carbocycles. The number of carbonyl (C=O) groups is 1. The second kappa shape index (κ2) is 6.75. The van der Waals surface area contributed by atoms with Crippen molar-refractivity contribution in [2.45, 2.75) is 19.4 Å². The van der Waals surface area contributed by atoms with Crippen LogP contribution in [-0.2, 0) is 4.79 Å². The minimum absolute atomic E-state index is 0.138. The topological polar surface area (TPSA) is 84.6 Å². The van der Waals surface area contributed by atoms with Crippen LogP contribution in [0.3, 0.4) is 0 Å². The van der Waals surface area contributed by atoms with Crippen LogP contribution in [0.2, 0.25) is 0 Å². The van der Waals surface area contributed by atoms with Gasteiger partial charge < -0.3 is 20.9 Å². The molecule has 94 valence electrons. The van der Waals surface area contributed by atoms with Crippen LogP contribution in [0.25, 0.3) is 0 Å². The van der Waals surface area contributed by atoms with Gasteiger partial charge in [0.1, 0.15) is 5.75 Å². The first-order valence-corrected chi connectivity index (χ1v) is 5.51. The third kappa shape index (κ3) is 5.77. The molecule has 4 N–H and O–H groups in total. The Balaban J connectivity index is 2.19. The standard InChI is InChI=1S/C12H18N2O3/c1-9(15)8-14-12(16)6-7-17-11-4-2-10(13)3-5-11/h2-5,9,15H,6-8,13H2,1H3,(H,14,16). The Hall–Kier alpha value is -1.75. The lowest BCUT2D eigenvalue weighted by molar-refractivity contribution is -0.122. The normalized spacial score (nSPS) is 11.9. The molecule has 0 spiro atoms. The SMILES string of the molecule is CC(O)CNC(=O)CCOc1ccc(N)cc1. The molecule has 1 unspecified atom stereocenters. The predicted molar refractivity (Wildman–Crippen MR) is 65.7 cm³/mol. The molecular weight excluding hydrogens is 220 g/mol. The highest BCUT2D eigenvalue weighted by molar-refractivity contribution is 5.76. The molecule has 1 rings (SSSR count). The van der Waals surface area contributed by atoms with E-state index in [2.05, 4.69) is 5.32 Å².